The lowest BCUT2D eigenvalue weighted by atomic mass is 10.2. The van der Waals surface area contributed by atoms with Crippen molar-refractivity contribution in [1.82, 2.24) is 0 Å². The summed E-state index contributed by atoms with van der Waals surface area (Å²) in [5.41, 5.74) is 1.04. The Bertz CT molecular complexity index is 944. The van der Waals surface area contributed by atoms with Crippen molar-refractivity contribution >= 4 is 39.1 Å². The van der Waals surface area contributed by atoms with Crippen molar-refractivity contribution in [3.05, 3.63) is 42.5 Å². The van der Waals surface area contributed by atoms with Crippen LogP contribution >= 0.6 is 11.8 Å². The topological polar surface area (TPSA) is 75.7 Å². The summed E-state index contributed by atoms with van der Waals surface area (Å²) in [7, 11) is -2.27. The van der Waals surface area contributed by atoms with Crippen molar-refractivity contribution in [2.45, 2.75) is 28.9 Å². The number of thioether (sulfide) groups is 1. The van der Waals surface area contributed by atoms with Crippen molar-refractivity contribution in [3.63, 3.8) is 0 Å². The van der Waals surface area contributed by atoms with Crippen LogP contribution in [0.3, 0.4) is 0 Å². The van der Waals surface area contributed by atoms with Crippen LogP contribution in [0.25, 0.3) is 0 Å². The van der Waals surface area contributed by atoms with E-state index in [1.807, 2.05) is 6.92 Å². The highest BCUT2D eigenvalue weighted by atomic mass is 32.2. The molecule has 0 aromatic heterocycles. The lowest BCUT2D eigenvalue weighted by Crippen LogP contribution is -2.37. The maximum Gasteiger partial charge on any atom is 0.261 e. The van der Waals surface area contributed by atoms with Gasteiger partial charge in [-0.05, 0) is 30.3 Å². The molecule has 138 valence electrons. The van der Waals surface area contributed by atoms with E-state index in [2.05, 4.69) is 4.72 Å². The third-order valence-corrected chi connectivity index (χ3v) is 6.53. The predicted octanol–water partition coefficient (Wildman–Crippen LogP) is 3.34. The molecule has 1 N–H and O–H groups in total. The Balaban J connectivity index is 1.96. The number of ether oxygens (including phenoxy) is 1. The molecule has 0 spiro atoms. The number of anilines is 2. The number of benzene rings is 2. The zero-order chi connectivity index (χ0) is 18.9. The second kappa shape index (κ2) is 7.20. The summed E-state index contributed by atoms with van der Waals surface area (Å²) in [6, 6.07) is 11.6. The fraction of sp³-hybridized carbons (Fsp3) is 0.278. The van der Waals surface area contributed by atoms with Gasteiger partial charge >= 0.3 is 0 Å². The van der Waals surface area contributed by atoms with Gasteiger partial charge in [0.05, 0.1) is 23.4 Å². The molecule has 0 saturated heterocycles. The Morgan fingerprint density at radius 3 is 2.73 bits per heavy atom. The van der Waals surface area contributed by atoms with Crippen LogP contribution < -0.4 is 14.4 Å². The average Bonchev–Trinajstić information content (AvgIpc) is 2.60. The molecule has 1 aliphatic rings. The minimum atomic E-state index is -3.79. The Morgan fingerprint density at radius 2 is 2.04 bits per heavy atom. The van der Waals surface area contributed by atoms with Crippen molar-refractivity contribution < 1.29 is 17.9 Å². The van der Waals surface area contributed by atoms with Crippen LogP contribution in [0, 0.1) is 0 Å². The van der Waals surface area contributed by atoms with Gasteiger partial charge in [-0.2, -0.15) is 0 Å². The lowest BCUT2D eigenvalue weighted by Gasteiger charge is -2.32. The molecule has 1 atom stereocenters. The summed E-state index contributed by atoms with van der Waals surface area (Å²) >= 11 is 1.64. The highest BCUT2D eigenvalue weighted by Crippen LogP contribution is 2.39. The summed E-state index contributed by atoms with van der Waals surface area (Å²) < 4.78 is 33.2. The molecule has 2 aromatic rings. The molecule has 0 fully saturated rings. The minimum absolute atomic E-state index is 0.103. The van der Waals surface area contributed by atoms with Crippen molar-refractivity contribution in [1.29, 1.82) is 0 Å². The van der Waals surface area contributed by atoms with Crippen LogP contribution in [0.5, 0.6) is 5.75 Å². The zero-order valence-electron chi connectivity index (χ0n) is 14.7. The molecule has 3 rings (SSSR count). The maximum atomic E-state index is 12.8. The molecule has 2 aromatic carbocycles. The third-order valence-electron chi connectivity index (χ3n) is 4.00. The Morgan fingerprint density at radius 1 is 1.27 bits per heavy atom. The maximum absolute atomic E-state index is 12.8. The largest absolute Gasteiger partial charge is 0.497 e. The van der Waals surface area contributed by atoms with E-state index < -0.39 is 10.0 Å². The Hall–Kier alpha value is -2.19. The molecule has 0 saturated carbocycles. The number of amides is 1. The first-order valence-corrected chi connectivity index (χ1v) is 10.4. The highest BCUT2D eigenvalue weighted by molar-refractivity contribution is 8.00. The molecule has 1 heterocycles. The van der Waals surface area contributed by atoms with Gasteiger partial charge in [0.15, 0.2) is 0 Å². The second-order valence-corrected chi connectivity index (χ2v) is 9.19. The average molecular weight is 393 g/mol. The number of fused-ring (bicyclic) bond motifs is 1. The van der Waals surface area contributed by atoms with Gasteiger partial charge in [-0.25, -0.2) is 8.42 Å². The fourth-order valence-corrected chi connectivity index (χ4v) is 4.95. The van der Waals surface area contributed by atoms with E-state index in [0.717, 1.165) is 4.90 Å². The van der Waals surface area contributed by atoms with Crippen LogP contribution in [-0.4, -0.2) is 33.2 Å². The fourth-order valence-electron chi connectivity index (χ4n) is 2.78. The quantitative estimate of drug-likeness (QED) is 0.864. The van der Waals surface area contributed by atoms with Gasteiger partial charge in [0.2, 0.25) is 5.91 Å². The summed E-state index contributed by atoms with van der Waals surface area (Å²) in [4.78, 5) is 14.6. The second-order valence-electron chi connectivity index (χ2n) is 6.03. The van der Waals surface area contributed by atoms with Crippen molar-refractivity contribution in [3.8, 4) is 5.75 Å². The zero-order valence-corrected chi connectivity index (χ0v) is 16.4. The Labute approximate surface area is 157 Å². The number of rotatable bonds is 4. The normalized spacial score (nSPS) is 16.7. The van der Waals surface area contributed by atoms with Gasteiger partial charge in [-0.15, -0.1) is 11.8 Å². The predicted molar refractivity (Wildman–Crippen MR) is 104 cm³/mol. The molecular weight excluding hydrogens is 372 g/mol. The number of methoxy groups -OCH3 is 1. The number of sulfonamides is 1. The van der Waals surface area contributed by atoms with E-state index in [1.54, 1.807) is 59.1 Å². The van der Waals surface area contributed by atoms with Crippen molar-refractivity contribution in [2.24, 2.45) is 0 Å². The molecule has 26 heavy (non-hydrogen) atoms. The lowest BCUT2D eigenvalue weighted by molar-refractivity contribution is -0.116. The summed E-state index contributed by atoms with van der Waals surface area (Å²) in [6.45, 7) is 4.08. The van der Waals surface area contributed by atoms with Crippen LogP contribution in [0.2, 0.25) is 0 Å². The molecule has 0 bridgehead atoms. The van der Waals surface area contributed by atoms with E-state index in [4.69, 9.17) is 4.74 Å². The van der Waals surface area contributed by atoms with Crippen LogP contribution in [0.15, 0.2) is 52.3 Å². The number of carbonyl (C=O) groups is 1. The molecule has 8 heteroatoms. The summed E-state index contributed by atoms with van der Waals surface area (Å²) in [5, 5.41) is 0.253. The molecule has 1 amide bonds. The third kappa shape index (κ3) is 3.81. The molecule has 0 aliphatic carbocycles. The first-order chi connectivity index (χ1) is 12.3. The number of nitrogens with one attached hydrogen (secondary N) is 1. The van der Waals surface area contributed by atoms with E-state index in [0.29, 0.717) is 23.7 Å². The number of carbonyl (C=O) groups excluding carboxylic acids is 1. The van der Waals surface area contributed by atoms with Gasteiger partial charge in [0.25, 0.3) is 10.0 Å². The van der Waals surface area contributed by atoms with E-state index in [9.17, 15) is 13.2 Å². The number of nitrogens with zero attached hydrogens (tertiary/aromatic N) is 1. The van der Waals surface area contributed by atoms with Gasteiger partial charge in [-0.3, -0.25) is 9.52 Å². The molecule has 0 unspecified atom stereocenters. The Kier molecular flexibility index (Phi) is 5.15. The van der Waals surface area contributed by atoms with Crippen LogP contribution in [0.4, 0.5) is 11.4 Å². The SMILES string of the molecule is COc1cccc(NS(=O)(=O)c2ccc3c(c2)N(C(C)=O)C[C@H](C)S3)c1. The van der Waals surface area contributed by atoms with Gasteiger partial charge in [-0.1, -0.05) is 13.0 Å². The monoisotopic (exact) mass is 392 g/mol. The van der Waals surface area contributed by atoms with E-state index >= 15 is 0 Å². The van der Waals surface area contributed by atoms with Crippen LogP contribution in [-0.2, 0) is 14.8 Å². The summed E-state index contributed by atoms with van der Waals surface area (Å²) in [6.07, 6.45) is 0. The van der Waals surface area contributed by atoms with E-state index in [1.165, 1.54) is 14.0 Å². The molecule has 1 aliphatic heterocycles. The standard InChI is InChI=1S/C18H20N2O4S2/c1-12-11-20(13(2)21)17-10-16(7-8-18(17)25-12)26(22,23)19-14-5-4-6-15(9-14)24-3/h4-10,12,19H,11H2,1-3H3/t12-/m0/s1. The highest BCUT2D eigenvalue weighted by Gasteiger charge is 2.27. The first-order valence-electron chi connectivity index (χ1n) is 8.06. The van der Waals surface area contributed by atoms with Crippen molar-refractivity contribution in [2.75, 3.05) is 23.3 Å². The van der Waals surface area contributed by atoms with Gasteiger partial charge in [0.1, 0.15) is 5.75 Å². The smallest absolute Gasteiger partial charge is 0.261 e. The van der Waals surface area contributed by atoms with Gasteiger partial charge < -0.3 is 9.64 Å². The number of hydrogen-bond donors (Lipinski definition) is 1. The molecular formula is C18H20N2O4S2. The first kappa shape index (κ1) is 18.6. The summed E-state index contributed by atoms with van der Waals surface area (Å²) in [5.74, 6) is 0.456. The molecule has 6 nitrogen and oxygen atoms in total. The van der Waals surface area contributed by atoms with E-state index in [-0.39, 0.29) is 16.1 Å². The number of hydrogen-bond acceptors (Lipinski definition) is 5. The van der Waals surface area contributed by atoms with Crippen LogP contribution in [0.1, 0.15) is 13.8 Å². The minimum Gasteiger partial charge on any atom is -0.497 e. The van der Waals surface area contributed by atoms with Gasteiger partial charge in [0, 0.05) is 29.7 Å². The molecule has 0 radical (unpaired) electrons.